The summed E-state index contributed by atoms with van der Waals surface area (Å²) < 4.78 is 41.2. The molecule has 0 radical (unpaired) electrons. The molecular formula is C25H19BrF2N2O4S. The molecule has 35 heavy (non-hydrogen) atoms. The van der Waals surface area contributed by atoms with Gasteiger partial charge in [0.1, 0.15) is 23.9 Å². The summed E-state index contributed by atoms with van der Waals surface area (Å²) >= 11 is 4.64. The van der Waals surface area contributed by atoms with Crippen molar-refractivity contribution in [3.05, 3.63) is 87.7 Å². The highest BCUT2D eigenvalue weighted by atomic mass is 79.9. The standard InChI is InChI=1S/C25H19BrF2N2O4S/c1-32-22-11-4-16(12-17(22)13-33-19-9-5-18(26)6-10-19)23(31)30-25-29-21(14-35-25)15-2-7-20(8-3-15)34-24(27)28/h2-12,14,24H,13H2,1H3,(H,29,30,31). The Bertz CT molecular complexity index is 1300. The summed E-state index contributed by atoms with van der Waals surface area (Å²) in [6.07, 6.45) is 0. The first-order chi connectivity index (χ1) is 16.9. The fourth-order valence-corrected chi connectivity index (χ4v) is 4.14. The number of carbonyl (C=O) groups is 1. The van der Waals surface area contributed by atoms with E-state index in [0.717, 1.165) is 4.47 Å². The number of nitrogens with zero attached hydrogens (tertiary/aromatic N) is 1. The molecule has 0 spiro atoms. The second kappa shape index (κ2) is 11.3. The molecule has 1 aromatic heterocycles. The fraction of sp³-hybridized carbons (Fsp3) is 0.120. The predicted molar refractivity (Wildman–Crippen MR) is 134 cm³/mol. The van der Waals surface area contributed by atoms with Crippen molar-refractivity contribution in [2.75, 3.05) is 12.4 Å². The topological polar surface area (TPSA) is 69.7 Å². The number of halogens is 3. The maximum absolute atomic E-state index is 12.9. The lowest BCUT2D eigenvalue weighted by Crippen LogP contribution is -2.12. The fourth-order valence-electron chi connectivity index (χ4n) is 3.16. The van der Waals surface area contributed by atoms with Gasteiger partial charge in [0.2, 0.25) is 0 Å². The highest BCUT2D eigenvalue weighted by Crippen LogP contribution is 2.28. The number of aromatic nitrogens is 1. The first kappa shape index (κ1) is 24.6. The highest BCUT2D eigenvalue weighted by molar-refractivity contribution is 9.10. The number of hydrogen-bond donors (Lipinski definition) is 1. The second-order valence-electron chi connectivity index (χ2n) is 7.16. The first-order valence-corrected chi connectivity index (χ1v) is 12.0. The van der Waals surface area contributed by atoms with Gasteiger partial charge in [-0.05, 0) is 66.7 Å². The van der Waals surface area contributed by atoms with Crippen molar-refractivity contribution < 1.29 is 27.8 Å². The van der Waals surface area contributed by atoms with Crippen LogP contribution in [0.4, 0.5) is 13.9 Å². The number of anilines is 1. The molecule has 1 amide bonds. The molecule has 0 saturated carbocycles. The van der Waals surface area contributed by atoms with Crippen molar-refractivity contribution in [1.29, 1.82) is 0 Å². The molecule has 0 fully saturated rings. The van der Waals surface area contributed by atoms with Gasteiger partial charge in [0.15, 0.2) is 5.13 Å². The Morgan fingerprint density at radius 3 is 2.46 bits per heavy atom. The summed E-state index contributed by atoms with van der Waals surface area (Å²) in [6.45, 7) is -2.66. The molecule has 3 aromatic carbocycles. The first-order valence-electron chi connectivity index (χ1n) is 10.3. The van der Waals surface area contributed by atoms with E-state index >= 15 is 0 Å². The van der Waals surface area contributed by atoms with Gasteiger partial charge in [-0.15, -0.1) is 11.3 Å². The lowest BCUT2D eigenvalue weighted by Gasteiger charge is -2.12. The second-order valence-corrected chi connectivity index (χ2v) is 8.94. The normalized spacial score (nSPS) is 10.8. The van der Waals surface area contributed by atoms with Crippen LogP contribution in [0.5, 0.6) is 17.2 Å². The minimum absolute atomic E-state index is 0.0620. The molecule has 0 unspecified atom stereocenters. The van der Waals surface area contributed by atoms with Crippen LogP contribution in [0.3, 0.4) is 0 Å². The molecule has 6 nitrogen and oxygen atoms in total. The SMILES string of the molecule is COc1ccc(C(=O)Nc2nc(-c3ccc(OC(F)F)cc3)cs2)cc1COc1ccc(Br)cc1. The molecule has 0 aliphatic rings. The molecule has 0 aliphatic carbocycles. The molecule has 1 heterocycles. The van der Waals surface area contributed by atoms with Crippen molar-refractivity contribution in [3.8, 4) is 28.5 Å². The van der Waals surface area contributed by atoms with Crippen molar-refractivity contribution in [2.24, 2.45) is 0 Å². The number of hydrogen-bond acceptors (Lipinski definition) is 6. The van der Waals surface area contributed by atoms with Gasteiger partial charge < -0.3 is 14.2 Å². The molecule has 4 rings (SSSR count). The van der Waals surface area contributed by atoms with E-state index in [1.54, 1.807) is 42.8 Å². The number of carbonyl (C=O) groups excluding carboxylic acids is 1. The van der Waals surface area contributed by atoms with Gasteiger partial charge in [0, 0.05) is 26.5 Å². The third-order valence-electron chi connectivity index (χ3n) is 4.85. The summed E-state index contributed by atoms with van der Waals surface area (Å²) in [5, 5.41) is 4.96. The maximum Gasteiger partial charge on any atom is 0.387 e. The van der Waals surface area contributed by atoms with Crippen LogP contribution in [-0.2, 0) is 6.61 Å². The van der Waals surface area contributed by atoms with Crippen LogP contribution in [0.2, 0.25) is 0 Å². The lowest BCUT2D eigenvalue weighted by molar-refractivity contribution is -0.0498. The minimum Gasteiger partial charge on any atom is -0.496 e. The van der Waals surface area contributed by atoms with Gasteiger partial charge >= 0.3 is 6.61 Å². The van der Waals surface area contributed by atoms with Gasteiger partial charge in [-0.2, -0.15) is 8.78 Å². The zero-order valence-electron chi connectivity index (χ0n) is 18.3. The van der Waals surface area contributed by atoms with E-state index in [0.29, 0.717) is 39.0 Å². The Morgan fingerprint density at radius 1 is 1.06 bits per heavy atom. The smallest absolute Gasteiger partial charge is 0.387 e. The van der Waals surface area contributed by atoms with E-state index in [1.165, 1.54) is 23.5 Å². The number of amides is 1. The number of nitrogens with one attached hydrogen (secondary N) is 1. The van der Waals surface area contributed by atoms with Gasteiger partial charge in [-0.1, -0.05) is 15.9 Å². The molecule has 4 aromatic rings. The van der Waals surface area contributed by atoms with Crippen LogP contribution in [0, 0.1) is 0 Å². The summed E-state index contributed by atoms with van der Waals surface area (Å²) in [6, 6.07) is 18.7. The third-order valence-corrected chi connectivity index (χ3v) is 6.14. The number of alkyl halides is 2. The monoisotopic (exact) mass is 560 g/mol. The molecule has 1 N–H and O–H groups in total. The molecular weight excluding hydrogens is 542 g/mol. The number of thiazole rings is 1. The van der Waals surface area contributed by atoms with Crippen molar-refractivity contribution in [2.45, 2.75) is 13.2 Å². The molecule has 0 aliphatic heterocycles. The molecule has 0 bridgehead atoms. The summed E-state index contributed by atoms with van der Waals surface area (Å²) in [5.74, 6) is 1.02. The Hall–Kier alpha value is -3.50. The van der Waals surface area contributed by atoms with Crippen LogP contribution in [-0.4, -0.2) is 24.6 Å². The number of rotatable bonds is 9. The largest absolute Gasteiger partial charge is 0.496 e. The summed E-state index contributed by atoms with van der Waals surface area (Å²) in [7, 11) is 1.56. The average Bonchev–Trinajstić information content (AvgIpc) is 3.32. The van der Waals surface area contributed by atoms with E-state index in [4.69, 9.17) is 9.47 Å². The van der Waals surface area contributed by atoms with E-state index in [1.807, 2.05) is 24.3 Å². The van der Waals surface area contributed by atoms with E-state index in [-0.39, 0.29) is 18.3 Å². The Balaban J connectivity index is 1.43. The number of ether oxygens (including phenoxy) is 3. The quantitative estimate of drug-likeness (QED) is 0.238. The Kier molecular flexibility index (Phi) is 7.94. The van der Waals surface area contributed by atoms with Gasteiger partial charge in [-0.25, -0.2) is 4.98 Å². The number of benzene rings is 3. The molecule has 10 heteroatoms. The van der Waals surface area contributed by atoms with Gasteiger partial charge in [0.05, 0.1) is 12.8 Å². The number of methoxy groups -OCH3 is 1. The average molecular weight is 561 g/mol. The molecule has 0 atom stereocenters. The Morgan fingerprint density at radius 2 is 1.77 bits per heavy atom. The summed E-state index contributed by atoms with van der Waals surface area (Å²) in [4.78, 5) is 17.3. The predicted octanol–water partition coefficient (Wildman–Crippen LogP) is 7.01. The zero-order valence-corrected chi connectivity index (χ0v) is 20.7. The van der Waals surface area contributed by atoms with E-state index in [9.17, 15) is 13.6 Å². The van der Waals surface area contributed by atoms with E-state index in [2.05, 4.69) is 31.0 Å². The van der Waals surface area contributed by atoms with Gasteiger partial charge in [0.25, 0.3) is 5.91 Å². The van der Waals surface area contributed by atoms with Crippen LogP contribution in [0.15, 0.2) is 76.6 Å². The minimum atomic E-state index is -2.88. The maximum atomic E-state index is 12.9. The van der Waals surface area contributed by atoms with Crippen molar-refractivity contribution >= 4 is 38.3 Å². The van der Waals surface area contributed by atoms with Crippen LogP contribution < -0.4 is 19.5 Å². The molecule has 180 valence electrons. The van der Waals surface area contributed by atoms with Crippen LogP contribution in [0.25, 0.3) is 11.3 Å². The zero-order chi connectivity index (χ0) is 24.8. The molecule has 0 saturated heterocycles. The van der Waals surface area contributed by atoms with E-state index < -0.39 is 6.61 Å². The highest BCUT2D eigenvalue weighted by Gasteiger charge is 2.14. The van der Waals surface area contributed by atoms with Crippen LogP contribution >= 0.6 is 27.3 Å². The van der Waals surface area contributed by atoms with Crippen molar-refractivity contribution in [1.82, 2.24) is 4.98 Å². The van der Waals surface area contributed by atoms with Gasteiger partial charge in [-0.3, -0.25) is 10.1 Å². The van der Waals surface area contributed by atoms with Crippen LogP contribution in [0.1, 0.15) is 15.9 Å². The summed E-state index contributed by atoms with van der Waals surface area (Å²) in [5.41, 5.74) is 2.45. The third kappa shape index (κ3) is 6.55. The lowest BCUT2D eigenvalue weighted by atomic mass is 10.1. The Labute approximate surface area is 212 Å². The van der Waals surface area contributed by atoms with Crippen molar-refractivity contribution in [3.63, 3.8) is 0 Å².